The minimum Gasteiger partial charge on any atom is -0.493 e. The van der Waals surface area contributed by atoms with Gasteiger partial charge in [0.1, 0.15) is 5.69 Å². The highest BCUT2D eigenvalue weighted by atomic mass is 79.9. The van der Waals surface area contributed by atoms with E-state index >= 15 is 0 Å². The maximum atomic E-state index is 10.3. The Morgan fingerprint density at radius 3 is 2.86 bits per heavy atom. The molecule has 0 radical (unpaired) electrons. The number of nitrogens with zero attached hydrogens (tertiary/aromatic N) is 3. The van der Waals surface area contributed by atoms with Crippen LogP contribution in [0.1, 0.15) is 18.2 Å². The molecule has 0 unspecified atom stereocenters. The van der Waals surface area contributed by atoms with E-state index in [2.05, 4.69) is 20.9 Å². The maximum absolute atomic E-state index is 10.3. The molecular formula is C15H15BrN4O. The molecule has 108 valence electrons. The van der Waals surface area contributed by atoms with Crippen LogP contribution < -0.4 is 5.62 Å². The largest absolute Gasteiger partial charge is 0.493 e. The lowest BCUT2D eigenvalue weighted by atomic mass is 10.1. The molecule has 1 aliphatic rings. The summed E-state index contributed by atoms with van der Waals surface area (Å²) >= 11 is 3.46. The molecule has 0 atom stereocenters. The molecule has 21 heavy (non-hydrogen) atoms. The number of allylic oxidation sites excluding steroid dienone is 1. The van der Waals surface area contributed by atoms with Crippen molar-refractivity contribution in [3.8, 4) is 5.88 Å². The standard InChI is InChI=1S/C15H15BrN4O/c1-3-20-14(21)13(19(2)15(20)17)6-9-8-18-12-5-4-10(16)7-11(9)12/h4-8,17,21H,3H2,1-2H3/b9-6-,17-15?. The zero-order valence-corrected chi connectivity index (χ0v) is 13.3. The summed E-state index contributed by atoms with van der Waals surface area (Å²) in [6.45, 7) is 2.45. The Labute approximate surface area is 130 Å². The van der Waals surface area contributed by atoms with Crippen molar-refractivity contribution in [2.45, 2.75) is 13.5 Å². The molecule has 0 bridgehead atoms. The first kappa shape index (κ1) is 13.9. The Balaban J connectivity index is 2.17. The van der Waals surface area contributed by atoms with Crippen molar-refractivity contribution in [3.63, 3.8) is 0 Å². The molecule has 2 aromatic rings. The molecule has 0 fully saturated rings. The van der Waals surface area contributed by atoms with E-state index in [0.29, 0.717) is 12.2 Å². The second-order valence-corrected chi connectivity index (χ2v) is 5.77. The minimum atomic E-state index is 0.106. The molecule has 3 rings (SSSR count). The topological polar surface area (TPSA) is 66.3 Å². The number of hydrogen-bond acceptors (Lipinski definition) is 3. The summed E-state index contributed by atoms with van der Waals surface area (Å²) in [6, 6.07) is 5.90. The molecule has 1 aromatic heterocycles. The molecule has 2 heterocycles. The maximum Gasteiger partial charge on any atom is 0.218 e. The Bertz CT molecular complexity index is 842. The number of nitrogens with one attached hydrogen (secondary N) is 1. The van der Waals surface area contributed by atoms with Crippen molar-refractivity contribution < 1.29 is 5.11 Å². The molecule has 6 heteroatoms. The van der Waals surface area contributed by atoms with Crippen LogP contribution in [-0.4, -0.2) is 20.5 Å². The van der Waals surface area contributed by atoms with Gasteiger partial charge in [0.15, 0.2) is 0 Å². The van der Waals surface area contributed by atoms with E-state index in [9.17, 15) is 5.11 Å². The van der Waals surface area contributed by atoms with Crippen molar-refractivity contribution in [1.29, 1.82) is 5.41 Å². The highest BCUT2D eigenvalue weighted by Gasteiger charge is 2.17. The zero-order chi connectivity index (χ0) is 15.1. The van der Waals surface area contributed by atoms with Gasteiger partial charge in [0.05, 0.1) is 5.69 Å². The third-order valence-electron chi connectivity index (χ3n) is 3.64. The number of benzene rings is 1. The molecule has 0 spiro atoms. The Hall–Kier alpha value is -2.08. The van der Waals surface area contributed by atoms with Gasteiger partial charge in [0.2, 0.25) is 11.5 Å². The van der Waals surface area contributed by atoms with Crippen LogP contribution in [0, 0.1) is 5.41 Å². The minimum absolute atomic E-state index is 0.106. The van der Waals surface area contributed by atoms with Gasteiger partial charge in [-0.3, -0.25) is 15.0 Å². The molecular weight excluding hydrogens is 332 g/mol. The van der Waals surface area contributed by atoms with Crippen LogP contribution in [-0.2, 0) is 13.6 Å². The normalized spacial score (nSPS) is 14.9. The zero-order valence-electron chi connectivity index (χ0n) is 11.8. The van der Waals surface area contributed by atoms with E-state index in [1.165, 1.54) is 0 Å². The summed E-state index contributed by atoms with van der Waals surface area (Å²) in [4.78, 5) is 4.37. The number of rotatable bonds is 2. The Morgan fingerprint density at radius 2 is 2.19 bits per heavy atom. The quantitative estimate of drug-likeness (QED) is 0.862. The van der Waals surface area contributed by atoms with E-state index in [1.807, 2.05) is 31.2 Å². The second kappa shape index (κ2) is 5.04. The molecule has 0 saturated heterocycles. The van der Waals surface area contributed by atoms with Gasteiger partial charge in [0.25, 0.3) is 0 Å². The molecule has 1 aromatic carbocycles. The smallest absolute Gasteiger partial charge is 0.218 e. The van der Waals surface area contributed by atoms with Crippen molar-refractivity contribution in [3.05, 3.63) is 39.5 Å². The van der Waals surface area contributed by atoms with Crippen molar-refractivity contribution in [2.75, 3.05) is 0 Å². The first-order valence-corrected chi connectivity index (χ1v) is 7.41. The lowest BCUT2D eigenvalue weighted by Gasteiger charge is -2.02. The van der Waals surface area contributed by atoms with Gasteiger partial charge in [-0.15, -0.1) is 0 Å². The van der Waals surface area contributed by atoms with Gasteiger partial charge in [-0.1, -0.05) is 15.9 Å². The molecule has 0 aliphatic carbocycles. The number of hydrogen-bond donors (Lipinski definition) is 2. The molecule has 0 amide bonds. The van der Waals surface area contributed by atoms with Crippen molar-refractivity contribution in [1.82, 2.24) is 9.13 Å². The van der Waals surface area contributed by atoms with E-state index in [1.54, 1.807) is 22.4 Å². The van der Waals surface area contributed by atoms with Crippen LogP contribution in [0.4, 0.5) is 5.69 Å². The summed E-state index contributed by atoms with van der Waals surface area (Å²) < 4.78 is 4.20. The van der Waals surface area contributed by atoms with Crippen LogP contribution in [0.15, 0.2) is 27.7 Å². The van der Waals surface area contributed by atoms with E-state index < -0.39 is 0 Å². The van der Waals surface area contributed by atoms with Crippen molar-refractivity contribution >= 4 is 39.5 Å². The van der Waals surface area contributed by atoms with Gasteiger partial charge in [-0.2, -0.15) is 0 Å². The molecule has 1 aliphatic heterocycles. The van der Waals surface area contributed by atoms with Crippen LogP contribution in [0.5, 0.6) is 5.88 Å². The van der Waals surface area contributed by atoms with Gasteiger partial charge >= 0.3 is 0 Å². The second-order valence-electron chi connectivity index (χ2n) is 4.86. The number of aliphatic imine (C=N–C) groups is 1. The highest BCUT2D eigenvalue weighted by molar-refractivity contribution is 9.10. The number of aromatic nitrogens is 2. The summed E-state index contributed by atoms with van der Waals surface area (Å²) in [5.74, 6) is 0.106. The summed E-state index contributed by atoms with van der Waals surface area (Å²) in [7, 11) is 1.77. The van der Waals surface area contributed by atoms with Crippen molar-refractivity contribution in [2.24, 2.45) is 12.0 Å². The monoisotopic (exact) mass is 346 g/mol. The van der Waals surface area contributed by atoms with Crippen LogP contribution >= 0.6 is 15.9 Å². The third kappa shape index (κ3) is 2.15. The average molecular weight is 347 g/mol. The lowest BCUT2D eigenvalue weighted by molar-refractivity contribution is 0.415. The predicted octanol–water partition coefficient (Wildman–Crippen LogP) is 3.05. The van der Waals surface area contributed by atoms with Crippen LogP contribution in [0.25, 0.3) is 11.6 Å². The summed E-state index contributed by atoms with van der Waals surface area (Å²) in [5, 5.41) is 18.3. The van der Waals surface area contributed by atoms with E-state index in [0.717, 1.165) is 21.3 Å². The molecule has 0 saturated carbocycles. The van der Waals surface area contributed by atoms with Gasteiger partial charge in [-0.25, -0.2) is 0 Å². The number of halogens is 1. The molecule has 5 nitrogen and oxygen atoms in total. The fourth-order valence-electron chi connectivity index (χ4n) is 2.47. The number of imidazole rings is 1. The summed E-state index contributed by atoms with van der Waals surface area (Å²) in [5.41, 5.74) is 3.72. The first-order valence-electron chi connectivity index (χ1n) is 6.61. The third-order valence-corrected chi connectivity index (χ3v) is 4.13. The SMILES string of the molecule is CCn1c(O)c(/C=C2/C=Nc3ccc(Br)cc32)n(C)c1=N. The summed E-state index contributed by atoms with van der Waals surface area (Å²) in [6.07, 6.45) is 3.64. The van der Waals surface area contributed by atoms with E-state index in [-0.39, 0.29) is 11.5 Å². The van der Waals surface area contributed by atoms with Gasteiger partial charge in [0, 0.05) is 35.4 Å². The Kier molecular flexibility index (Phi) is 3.33. The fourth-order valence-corrected chi connectivity index (χ4v) is 2.83. The van der Waals surface area contributed by atoms with E-state index in [4.69, 9.17) is 5.41 Å². The van der Waals surface area contributed by atoms with Gasteiger partial charge in [-0.05, 0) is 31.2 Å². The highest BCUT2D eigenvalue weighted by Crippen LogP contribution is 2.35. The average Bonchev–Trinajstić information content (AvgIpc) is 2.94. The van der Waals surface area contributed by atoms with Crippen LogP contribution in [0.3, 0.4) is 0 Å². The van der Waals surface area contributed by atoms with Gasteiger partial charge < -0.3 is 9.67 Å². The number of fused-ring (bicyclic) bond motifs is 1. The molecule has 2 N–H and O–H groups in total. The Morgan fingerprint density at radius 1 is 1.43 bits per heavy atom. The van der Waals surface area contributed by atoms with Crippen LogP contribution in [0.2, 0.25) is 0 Å². The first-order chi connectivity index (χ1) is 10.0. The predicted molar refractivity (Wildman–Crippen MR) is 86.8 cm³/mol. The number of aromatic hydroxyl groups is 1. The lowest BCUT2D eigenvalue weighted by Crippen LogP contribution is -2.22. The fraction of sp³-hybridized carbons (Fsp3) is 0.200.